The van der Waals surface area contributed by atoms with Gasteiger partial charge in [-0.3, -0.25) is 4.90 Å². The summed E-state index contributed by atoms with van der Waals surface area (Å²) in [5.74, 6) is 0.892. The predicted octanol–water partition coefficient (Wildman–Crippen LogP) is 2.61. The molecule has 3 rings (SSSR count). The molecule has 1 fully saturated rings. The van der Waals surface area contributed by atoms with Crippen molar-refractivity contribution in [1.29, 1.82) is 5.26 Å². The fourth-order valence-corrected chi connectivity index (χ4v) is 2.45. The summed E-state index contributed by atoms with van der Waals surface area (Å²) in [5, 5.41) is 12.8. The Bertz CT molecular complexity index is 638. The van der Waals surface area contributed by atoms with Crippen molar-refractivity contribution in [3.63, 3.8) is 0 Å². The summed E-state index contributed by atoms with van der Waals surface area (Å²) >= 11 is 0. The highest BCUT2D eigenvalue weighted by Gasteiger charge is 2.20. The van der Waals surface area contributed by atoms with Gasteiger partial charge >= 0.3 is 0 Å². The lowest BCUT2D eigenvalue weighted by atomic mass is 9.99. The molecule has 1 aliphatic rings. The number of hydrogen-bond donors (Lipinski definition) is 0. The number of nitriles is 1. The van der Waals surface area contributed by atoms with E-state index in [1.54, 1.807) is 12.1 Å². The molecule has 0 amide bonds. The first-order valence-electron chi connectivity index (χ1n) is 6.95. The molecule has 1 aliphatic heterocycles. The van der Waals surface area contributed by atoms with Crippen molar-refractivity contribution < 1.29 is 8.91 Å². The number of piperidine rings is 1. The van der Waals surface area contributed by atoms with E-state index in [-0.39, 0.29) is 11.7 Å². The third kappa shape index (κ3) is 3.26. The molecule has 0 radical (unpaired) electrons. The van der Waals surface area contributed by atoms with Gasteiger partial charge in [0.05, 0.1) is 12.6 Å². The molecule has 0 saturated carbocycles. The molecule has 0 bridgehead atoms. The maximum atomic E-state index is 12.9. The van der Waals surface area contributed by atoms with Gasteiger partial charge in [-0.05, 0) is 50.2 Å². The van der Waals surface area contributed by atoms with Gasteiger partial charge in [0.15, 0.2) is 0 Å². The van der Waals surface area contributed by atoms with Crippen LogP contribution in [0.1, 0.15) is 18.7 Å². The SMILES string of the molecule is N#CC1CCN(Cc2nc(-c3ccc(F)cc3)no2)CC1. The molecule has 1 saturated heterocycles. The zero-order valence-corrected chi connectivity index (χ0v) is 11.5. The highest BCUT2D eigenvalue weighted by Crippen LogP contribution is 2.20. The highest BCUT2D eigenvalue weighted by atomic mass is 19.1. The van der Waals surface area contributed by atoms with Crippen molar-refractivity contribution in [2.45, 2.75) is 19.4 Å². The Morgan fingerprint density at radius 3 is 2.67 bits per heavy atom. The van der Waals surface area contributed by atoms with Crippen LogP contribution in [-0.2, 0) is 6.54 Å². The molecule has 0 spiro atoms. The van der Waals surface area contributed by atoms with E-state index < -0.39 is 0 Å². The van der Waals surface area contributed by atoms with Crippen LogP contribution in [0.3, 0.4) is 0 Å². The van der Waals surface area contributed by atoms with E-state index in [0.717, 1.165) is 31.5 Å². The molecule has 108 valence electrons. The van der Waals surface area contributed by atoms with Crippen LogP contribution >= 0.6 is 0 Å². The molecule has 1 aromatic carbocycles. The summed E-state index contributed by atoms with van der Waals surface area (Å²) in [6.45, 7) is 2.32. The quantitative estimate of drug-likeness (QED) is 0.867. The van der Waals surface area contributed by atoms with Crippen LogP contribution in [0.25, 0.3) is 11.4 Å². The number of hydrogen-bond acceptors (Lipinski definition) is 5. The zero-order valence-electron chi connectivity index (χ0n) is 11.5. The number of benzene rings is 1. The summed E-state index contributed by atoms with van der Waals surface area (Å²) in [6, 6.07) is 8.31. The van der Waals surface area contributed by atoms with Gasteiger partial charge in [0.25, 0.3) is 0 Å². The molecule has 5 nitrogen and oxygen atoms in total. The minimum Gasteiger partial charge on any atom is -0.338 e. The van der Waals surface area contributed by atoms with Crippen LogP contribution in [-0.4, -0.2) is 28.1 Å². The topological polar surface area (TPSA) is 66.0 Å². The van der Waals surface area contributed by atoms with E-state index in [1.165, 1.54) is 12.1 Å². The van der Waals surface area contributed by atoms with Crippen molar-refractivity contribution in [2.75, 3.05) is 13.1 Å². The second-order valence-electron chi connectivity index (χ2n) is 5.20. The van der Waals surface area contributed by atoms with Crippen molar-refractivity contribution in [3.8, 4) is 17.5 Å². The lowest BCUT2D eigenvalue weighted by molar-refractivity contribution is 0.175. The lowest BCUT2D eigenvalue weighted by Crippen LogP contribution is -2.32. The summed E-state index contributed by atoms with van der Waals surface area (Å²) < 4.78 is 18.1. The van der Waals surface area contributed by atoms with Crippen LogP contribution in [0, 0.1) is 23.1 Å². The molecule has 1 aromatic heterocycles. The molecule has 2 aromatic rings. The van der Waals surface area contributed by atoms with Crippen molar-refractivity contribution >= 4 is 0 Å². The average Bonchev–Trinajstić information content (AvgIpc) is 2.97. The Morgan fingerprint density at radius 1 is 1.29 bits per heavy atom. The molecule has 0 unspecified atom stereocenters. The first-order chi connectivity index (χ1) is 10.2. The first-order valence-corrected chi connectivity index (χ1v) is 6.95. The Balaban J connectivity index is 1.63. The van der Waals surface area contributed by atoms with Crippen LogP contribution in [0.4, 0.5) is 4.39 Å². The number of likely N-dealkylation sites (tertiary alicyclic amines) is 1. The van der Waals surface area contributed by atoms with Crippen molar-refractivity contribution in [1.82, 2.24) is 15.0 Å². The third-order valence-electron chi connectivity index (χ3n) is 3.70. The Morgan fingerprint density at radius 2 is 2.00 bits per heavy atom. The van der Waals surface area contributed by atoms with Crippen molar-refractivity contribution in [3.05, 3.63) is 36.0 Å². The van der Waals surface area contributed by atoms with Gasteiger partial charge in [0, 0.05) is 11.5 Å². The van der Waals surface area contributed by atoms with Gasteiger partial charge in [-0.15, -0.1) is 0 Å². The van der Waals surface area contributed by atoms with Gasteiger partial charge in [0.1, 0.15) is 5.82 Å². The Hall–Kier alpha value is -2.26. The molecule has 2 heterocycles. The third-order valence-corrected chi connectivity index (χ3v) is 3.70. The second kappa shape index (κ2) is 6.02. The molecule has 6 heteroatoms. The molecule has 21 heavy (non-hydrogen) atoms. The van der Waals surface area contributed by atoms with Gasteiger partial charge < -0.3 is 4.52 Å². The van der Waals surface area contributed by atoms with E-state index in [9.17, 15) is 4.39 Å². The molecule has 0 atom stereocenters. The smallest absolute Gasteiger partial charge is 0.241 e. The fourth-order valence-electron chi connectivity index (χ4n) is 2.45. The zero-order chi connectivity index (χ0) is 14.7. The maximum Gasteiger partial charge on any atom is 0.241 e. The summed E-state index contributed by atoms with van der Waals surface area (Å²) in [4.78, 5) is 6.54. The molecular formula is C15H15FN4O. The fraction of sp³-hybridized carbons (Fsp3) is 0.400. The van der Waals surface area contributed by atoms with E-state index in [2.05, 4.69) is 21.1 Å². The van der Waals surface area contributed by atoms with Crippen molar-refractivity contribution in [2.24, 2.45) is 5.92 Å². The van der Waals surface area contributed by atoms with E-state index in [1.807, 2.05) is 0 Å². The predicted molar refractivity (Wildman–Crippen MR) is 73.3 cm³/mol. The number of halogens is 1. The molecular weight excluding hydrogens is 271 g/mol. The Labute approximate surface area is 122 Å². The first kappa shape index (κ1) is 13.7. The Kier molecular flexibility index (Phi) is 3.93. The highest BCUT2D eigenvalue weighted by molar-refractivity contribution is 5.53. The van der Waals surface area contributed by atoms with E-state index >= 15 is 0 Å². The molecule has 0 aliphatic carbocycles. The summed E-state index contributed by atoms with van der Waals surface area (Å²) in [6.07, 6.45) is 1.77. The van der Waals surface area contributed by atoms with Gasteiger partial charge in [-0.1, -0.05) is 5.16 Å². The number of rotatable bonds is 3. The minimum atomic E-state index is -0.289. The summed E-state index contributed by atoms with van der Waals surface area (Å²) in [7, 11) is 0. The van der Waals surface area contributed by atoms with E-state index in [4.69, 9.17) is 9.78 Å². The van der Waals surface area contributed by atoms with Crippen LogP contribution < -0.4 is 0 Å². The van der Waals surface area contributed by atoms with Gasteiger partial charge in [-0.25, -0.2) is 4.39 Å². The largest absolute Gasteiger partial charge is 0.338 e. The van der Waals surface area contributed by atoms with Gasteiger partial charge in [-0.2, -0.15) is 10.2 Å². The van der Waals surface area contributed by atoms with Crippen LogP contribution in [0.2, 0.25) is 0 Å². The number of aromatic nitrogens is 2. The van der Waals surface area contributed by atoms with Crippen LogP contribution in [0.5, 0.6) is 0 Å². The average molecular weight is 286 g/mol. The monoisotopic (exact) mass is 286 g/mol. The molecule has 0 N–H and O–H groups in total. The number of nitrogens with zero attached hydrogens (tertiary/aromatic N) is 4. The normalized spacial score (nSPS) is 16.8. The van der Waals surface area contributed by atoms with Crippen LogP contribution in [0.15, 0.2) is 28.8 Å². The summed E-state index contributed by atoms with van der Waals surface area (Å²) in [5.41, 5.74) is 0.731. The minimum absolute atomic E-state index is 0.165. The maximum absolute atomic E-state index is 12.9. The van der Waals surface area contributed by atoms with Gasteiger partial charge in [0.2, 0.25) is 11.7 Å². The second-order valence-corrected chi connectivity index (χ2v) is 5.20. The lowest BCUT2D eigenvalue weighted by Gasteiger charge is -2.27. The van der Waals surface area contributed by atoms with E-state index in [0.29, 0.717) is 18.3 Å². The standard InChI is InChI=1S/C15H15FN4O/c16-13-3-1-12(2-4-13)15-18-14(21-19-15)10-20-7-5-11(9-17)6-8-20/h1-4,11H,5-8,10H2.